The van der Waals surface area contributed by atoms with Gasteiger partial charge in [0.25, 0.3) is 0 Å². The lowest BCUT2D eigenvalue weighted by molar-refractivity contribution is -0.127. The molecule has 1 saturated carbocycles. The Balaban J connectivity index is 1.44. The number of urea groups is 1. The number of amides is 3. The maximum Gasteiger partial charge on any atom is 0.332 e. The summed E-state index contributed by atoms with van der Waals surface area (Å²) in [5, 5.41) is 4.10. The molecule has 176 valence electrons. The lowest BCUT2D eigenvalue weighted by Gasteiger charge is -2.46. The number of benzene rings is 2. The predicted molar refractivity (Wildman–Crippen MR) is 126 cm³/mol. The smallest absolute Gasteiger partial charge is 0.332 e. The second-order valence-electron chi connectivity index (χ2n) is 9.05. The Morgan fingerprint density at radius 2 is 1.79 bits per heavy atom. The molecule has 2 heterocycles. The fourth-order valence-corrected chi connectivity index (χ4v) is 4.91. The van der Waals surface area contributed by atoms with Crippen molar-refractivity contribution in [1.82, 2.24) is 15.0 Å². The van der Waals surface area contributed by atoms with Gasteiger partial charge in [-0.3, -0.25) is 4.79 Å². The second-order valence-corrected chi connectivity index (χ2v) is 9.05. The van der Waals surface area contributed by atoms with Crippen LogP contribution in [0.4, 0.5) is 10.5 Å². The van der Waals surface area contributed by atoms with Crippen LogP contribution in [0.5, 0.6) is 5.75 Å². The molecule has 1 aliphatic carbocycles. The fourth-order valence-electron chi connectivity index (χ4n) is 4.91. The number of hydrogen-bond donors (Lipinski definition) is 0. The van der Waals surface area contributed by atoms with Crippen LogP contribution in [0.2, 0.25) is 0 Å². The number of imide groups is 1. The average molecular weight is 461 g/mol. The predicted octanol–water partition coefficient (Wildman–Crippen LogP) is 4.89. The van der Waals surface area contributed by atoms with Gasteiger partial charge >= 0.3 is 6.03 Å². The van der Waals surface area contributed by atoms with Gasteiger partial charge in [0.05, 0.1) is 18.7 Å². The third-order valence-corrected chi connectivity index (χ3v) is 6.97. The normalized spacial score (nSPS) is 20.4. The van der Waals surface area contributed by atoms with Gasteiger partial charge in [-0.2, -0.15) is 4.98 Å². The van der Waals surface area contributed by atoms with E-state index in [0.29, 0.717) is 17.4 Å². The van der Waals surface area contributed by atoms with E-state index in [0.717, 1.165) is 48.1 Å². The zero-order chi connectivity index (χ0) is 23.8. The molecule has 1 aromatic heterocycles. The largest absolute Gasteiger partial charge is 0.497 e. The van der Waals surface area contributed by atoms with E-state index in [1.807, 2.05) is 56.3 Å². The van der Waals surface area contributed by atoms with E-state index < -0.39 is 0 Å². The van der Waals surface area contributed by atoms with Crippen molar-refractivity contribution in [2.45, 2.75) is 52.1 Å². The number of aryl methyl sites for hydroxylation is 2. The average Bonchev–Trinajstić information content (AvgIpc) is 3.33. The Morgan fingerprint density at radius 1 is 1.03 bits per heavy atom. The number of hydrogen-bond acceptors (Lipinski definition) is 6. The standard InChI is InChI=1S/C26H28N4O4/c1-16-8-11-19(14-17(16)2)30-25(31)21-6-4-5-7-22(21)29(26(30)32)15-23-27-24(28-34-23)18-9-12-20(33-3)13-10-18/h8-14,21-22H,4-7,15H2,1-3H3. The molecule has 2 aliphatic rings. The molecule has 8 nitrogen and oxygen atoms in total. The van der Waals surface area contributed by atoms with Crippen molar-refractivity contribution in [2.24, 2.45) is 5.92 Å². The van der Waals surface area contributed by atoms with E-state index in [9.17, 15) is 9.59 Å². The van der Waals surface area contributed by atoms with Crippen molar-refractivity contribution in [2.75, 3.05) is 12.0 Å². The molecule has 34 heavy (non-hydrogen) atoms. The van der Waals surface area contributed by atoms with E-state index in [4.69, 9.17) is 9.26 Å². The van der Waals surface area contributed by atoms with Crippen LogP contribution < -0.4 is 9.64 Å². The van der Waals surface area contributed by atoms with Crippen LogP contribution in [-0.2, 0) is 11.3 Å². The van der Waals surface area contributed by atoms with Gasteiger partial charge in [0.2, 0.25) is 17.6 Å². The highest BCUT2D eigenvalue weighted by atomic mass is 16.5. The first-order valence-electron chi connectivity index (χ1n) is 11.6. The number of fused-ring (bicyclic) bond motifs is 1. The molecule has 2 unspecified atom stereocenters. The fraction of sp³-hybridized carbons (Fsp3) is 0.385. The highest BCUT2D eigenvalue weighted by Crippen LogP contribution is 2.37. The second kappa shape index (κ2) is 8.93. The van der Waals surface area contributed by atoms with Crippen LogP contribution in [0.3, 0.4) is 0 Å². The van der Waals surface area contributed by atoms with Gasteiger partial charge in [0.15, 0.2) is 0 Å². The lowest BCUT2D eigenvalue weighted by Crippen LogP contribution is -2.62. The van der Waals surface area contributed by atoms with Crippen molar-refractivity contribution in [3.63, 3.8) is 0 Å². The van der Waals surface area contributed by atoms with E-state index in [1.54, 1.807) is 12.0 Å². The number of carbonyl (C=O) groups excluding carboxylic acids is 2. The van der Waals surface area contributed by atoms with Crippen LogP contribution in [0.15, 0.2) is 47.0 Å². The third kappa shape index (κ3) is 3.93. The Morgan fingerprint density at radius 3 is 2.53 bits per heavy atom. The number of rotatable bonds is 5. The summed E-state index contributed by atoms with van der Waals surface area (Å²) in [6.45, 7) is 4.16. The molecule has 0 bridgehead atoms. The van der Waals surface area contributed by atoms with Crippen molar-refractivity contribution < 1.29 is 18.8 Å². The molecule has 5 rings (SSSR count). The SMILES string of the molecule is COc1ccc(-c2noc(CN3C(=O)N(c4ccc(C)c(C)c4)C(=O)C4CCCCC43)n2)cc1. The minimum atomic E-state index is -0.333. The summed E-state index contributed by atoms with van der Waals surface area (Å²) in [5.74, 6) is 1.20. The van der Waals surface area contributed by atoms with Gasteiger partial charge in [-0.25, -0.2) is 9.69 Å². The molecule has 3 aromatic rings. The number of nitrogens with zero attached hydrogens (tertiary/aromatic N) is 4. The van der Waals surface area contributed by atoms with Crippen molar-refractivity contribution in [3.8, 4) is 17.1 Å². The summed E-state index contributed by atoms with van der Waals surface area (Å²) in [4.78, 5) is 34.7. The third-order valence-electron chi connectivity index (χ3n) is 6.97. The van der Waals surface area contributed by atoms with Gasteiger partial charge in [-0.15, -0.1) is 0 Å². The van der Waals surface area contributed by atoms with Crippen molar-refractivity contribution >= 4 is 17.6 Å². The zero-order valence-electron chi connectivity index (χ0n) is 19.7. The molecule has 0 spiro atoms. The lowest BCUT2D eigenvalue weighted by atomic mass is 9.81. The first kappa shape index (κ1) is 22.1. The number of ether oxygens (including phenoxy) is 1. The van der Waals surface area contributed by atoms with E-state index in [2.05, 4.69) is 10.1 Å². The summed E-state index contributed by atoms with van der Waals surface area (Å²) in [6.07, 6.45) is 3.54. The van der Waals surface area contributed by atoms with E-state index in [-0.39, 0.29) is 30.4 Å². The van der Waals surface area contributed by atoms with Gasteiger partial charge in [-0.1, -0.05) is 24.1 Å². The van der Waals surface area contributed by atoms with Crippen LogP contribution >= 0.6 is 0 Å². The molecular weight excluding hydrogens is 432 g/mol. The van der Waals surface area contributed by atoms with E-state index in [1.165, 1.54) is 4.90 Å². The van der Waals surface area contributed by atoms with Crippen molar-refractivity contribution in [3.05, 3.63) is 59.5 Å². The highest BCUT2D eigenvalue weighted by Gasteiger charge is 2.48. The number of anilines is 1. The molecule has 0 N–H and O–H groups in total. The Kier molecular flexibility index (Phi) is 5.81. The summed E-state index contributed by atoms with van der Waals surface area (Å²) in [5.41, 5.74) is 3.56. The van der Waals surface area contributed by atoms with Crippen molar-refractivity contribution in [1.29, 1.82) is 0 Å². The van der Waals surface area contributed by atoms with Gasteiger partial charge in [0, 0.05) is 11.6 Å². The number of aromatic nitrogens is 2. The maximum absolute atomic E-state index is 13.7. The topological polar surface area (TPSA) is 88.8 Å². The quantitative estimate of drug-likeness (QED) is 0.539. The molecule has 1 aliphatic heterocycles. The summed E-state index contributed by atoms with van der Waals surface area (Å²) < 4.78 is 10.7. The zero-order valence-corrected chi connectivity index (χ0v) is 19.7. The first-order chi connectivity index (χ1) is 16.5. The van der Waals surface area contributed by atoms with E-state index >= 15 is 0 Å². The van der Waals surface area contributed by atoms with Crippen LogP contribution in [0.25, 0.3) is 11.4 Å². The minimum absolute atomic E-state index is 0.112. The molecular formula is C26H28N4O4. The Labute approximate surface area is 198 Å². The summed E-state index contributed by atoms with van der Waals surface area (Å²) in [7, 11) is 1.61. The number of carbonyl (C=O) groups is 2. The maximum atomic E-state index is 13.7. The van der Waals surface area contributed by atoms with Crippen LogP contribution in [-0.4, -0.2) is 40.1 Å². The van der Waals surface area contributed by atoms with Crippen LogP contribution in [0, 0.1) is 19.8 Å². The Bertz CT molecular complexity index is 1220. The highest BCUT2D eigenvalue weighted by molar-refractivity contribution is 6.17. The summed E-state index contributed by atoms with van der Waals surface area (Å²) >= 11 is 0. The monoisotopic (exact) mass is 460 g/mol. The minimum Gasteiger partial charge on any atom is -0.497 e. The molecule has 0 radical (unpaired) electrons. The molecule has 2 aromatic carbocycles. The molecule has 8 heteroatoms. The van der Waals surface area contributed by atoms with Gasteiger partial charge in [0.1, 0.15) is 12.3 Å². The van der Waals surface area contributed by atoms with Gasteiger partial charge < -0.3 is 14.2 Å². The van der Waals surface area contributed by atoms with Crippen LogP contribution in [0.1, 0.15) is 42.7 Å². The molecule has 2 fully saturated rings. The summed E-state index contributed by atoms with van der Waals surface area (Å²) in [6, 6.07) is 12.6. The number of methoxy groups -OCH3 is 1. The first-order valence-corrected chi connectivity index (χ1v) is 11.6. The molecule has 3 amide bonds. The Hall–Kier alpha value is -3.68. The molecule has 2 atom stereocenters. The van der Waals surface area contributed by atoms with Gasteiger partial charge in [-0.05, 0) is 74.2 Å². The molecule has 1 saturated heterocycles.